The fraction of sp³-hybridized carbons (Fsp3) is 0.486. The van der Waals surface area contributed by atoms with Crippen LogP contribution in [0.1, 0.15) is 77.3 Å². The lowest BCUT2D eigenvalue weighted by Gasteiger charge is -2.35. The molecular formula is C37H48Cl4N6O. The molecule has 2 amide bonds. The number of allylic oxidation sites excluding steroid dienone is 2. The summed E-state index contributed by atoms with van der Waals surface area (Å²) in [6, 6.07) is 10.4. The summed E-state index contributed by atoms with van der Waals surface area (Å²) >= 11 is 24.8. The van der Waals surface area contributed by atoms with Crippen LogP contribution in [0.4, 0.5) is 4.79 Å². The summed E-state index contributed by atoms with van der Waals surface area (Å²) in [7, 11) is 0. The molecule has 0 saturated carbocycles. The number of hydrogen-bond donors (Lipinski definition) is 2. The molecule has 7 nitrogen and oxygen atoms in total. The molecule has 260 valence electrons. The molecule has 2 aromatic rings. The maximum Gasteiger partial charge on any atom is 0.355 e. The van der Waals surface area contributed by atoms with Crippen molar-refractivity contribution in [3.05, 3.63) is 79.8 Å². The van der Waals surface area contributed by atoms with Gasteiger partial charge in [0.05, 0.1) is 31.5 Å². The van der Waals surface area contributed by atoms with Crippen LogP contribution in [0.3, 0.4) is 0 Å². The van der Waals surface area contributed by atoms with Crippen molar-refractivity contribution in [3.8, 4) is 0 Å². The van der Waals surface area contributed by atoms with Crippen LogP contribution in [0.25, 0.3) is 12.2 Å². The van der Waals surface area contributed by atoms with Gasteiger partial charge in [0.25, 0.3) is 0 Å². The van der Waals surface area contributed by atoms with Crippen molar-refractivity contribution < 1.29 is 4.79 Å². The molecule has 0 bridgehead atoms. The SMILES string of the molecule is CC(C)(CN1CCCCC1)C(/C=C\c1ccc(Cl)c(Cl)c1)=N\NC(=O)N/N=C(/C=C\c1ccc(Cl)c(Cl)c1)C(C)(C)CN1CCCCC1. The van der Waals surface area contributed by atoms with Crippen molar-refractivity contribution in [2.24, 2.45) is 21.0 Å². The summed E-state index contributed by atoms with van der Waals surface area (Å²) in [6.45, 7) is 14.4. The third-order valence-electron chi connectivity index (χ3n) is 8.83. The second-order valence-electron chi connectivity index (χ2n) is 14.0. The highest BCUT2D eigenvalue weighted by Crippen LogP contribution is 2.28. The average molecular weight is 735 g/mol. The first-order chi connectivity index (χ1) is 22.8. The molecule has 2 heterocycles. The Bertz CT molecular complexity index is 1410. The average Bonchev–Trinajstić information content (AvgIpc) is 3.04. The molecule has 2 saturated heterocycles. The number of carbonyl (C=O) groups excluding carboxylic acids is 1. The molecule has 2 aromatic carbocycles. The van der Waals surface area contributed by atoms with Crippen molar-refractivity contribution in [1.82, 2.24) is 20.7 Å². The molecule has 0 radical (unpaired) electrons. The summed E-state index contributed by atoms with van der Waals surface area (Å²) in [4.78, 5) is 18.2. The zero-order valence-electron chi connectivity index (χ0n) is 28.5. The number of piperidine rings is 2. The van der Waals surface area contributed by atoms with Crippen LogP contribution < -0.4 is 10.9 Å². The quantitative estimate of drug-likeness (QED) is 0.169. The Labute approximate surface area is 306 Å². The number of urea groups is 1. The van der Waals surface area contributed by atoms with Gasteiger partial charge in [-0.1, -0.05) is 111 Å². The molecule has 0 aliphatic carbocycles. The standard InChI is InChI=1S/C37H48Cl4N6O/c1-36(2,25-46-19-7-5-8-20-46)33(17-13-27-11-15-29(38)31(40)23-27)42-44-35(48)45-43-34(18-14-28-12-16-30(39)32(41)24-28)37(3,4)26-47-21-9-6-10-22-47/h11-18,23-24H,5-10,19-22,25-26H2,1-4H3,(H2,44,45,48)/b17-13-,18-14-,42-33-,43-34-. The summed E-state index contributed by atoms with van der Waals surface area (Å²) in [5, 5.41) is 11.2. The highest BCUT2D eigenvalue weighted by atomic mass is 35.5. The Kier molecular flexibility index (Phi) is 14.4. The molecule has 2 aliphatic heterocycles. The first-order valence-electron chi connectivity index (χ1n) is 16.8. The third kappa shape index (κ3) is 11.9. The van der Waals surface area contributed by atoms with Crippen LogP contribution in [0, 0.1) is 10.8 Å². The Hall–Kier alpha value is -2.39. The van der Waals surface area contributed by atoms with Crippen LogP contribution in [0.15, 0.2) is 58.8 Å². The van der Waals surface area contributed by atoms with E-state index < -0.39 is 6.03 Å². The van der Waals surface area contributed by atoms with Crippen molar-refractivity contribution in [3.63, 3.8) is 0 Å². The predicted octanol–water partition coefficient (Wildman–Crippen LogP) is 10.1. The van der Waals surface area contributed by atoms with Crippen LogP contribution >= 0.6 is 46.4 Å². The number of halogens is 4. The second-order valence-corrected chi connectivity index (χ2v) is 15.6. The van der Waals surface area contributed by atoms with Crippen molar-refractivity contribution >= 4 is 76.0 Å². The van der Waals surface area contributed by atoms with Crippen LogP contribution in [-0.4, -0.2) is 66.5 Å². The summed E-state index contributed by atoms with van der Waals surface area (Å²) in [6.07, 6.45) is 15.0. The molecular weight excluding hydrogens is 686 g/mol. The van der Waals surface area contributed by atoms with Gasteiger partial charge in [-0.3, -0.25) is 0 Å². The van der Waals surface area contributed by atoms with E-state index in [9.17, 15) is 4.79 Å². The molecule has 0 atom stereocenters. The zero-order valence-corrected chi connectivity index (χ0v) is 31.5. The van der Waals surface area contributed by atoms with E-state index in [1.165, 1.54) is 38.5 Å². The van der Waals surface area contributed by atoms with Crippen LogP contribution in [0.5, 0.6) is 0 Å². The minimum atomic E-state index is -0.529. The topological polar surface area (TPSA) is 72.3 Å². The monoisotopic (exact) mass is 732 g/mol. The van der Waals surface area contributed by atoms with E-state index in [1.54, 1.807) is 12.1 Å². The fourth-order valence-electron chi connectivity index (χ4n) is 6.17. The molecule has 4 rings (SSSR count). The third-order valence-corrected chi connectivity index (χ3v) is 10.3. The molecule has 0 spiro atoms. The van der Waals surface area contributed by atoms with Gasteiger partial charge in [-0.05, 0) is 99.4 Å². The van der Waals surface area contributed by atoms with E-state index in [0.717, 1.165) is 61.8 Å². The summed E-state index contributed by atoms with van der Waals surface area (Å²) < 4.78 is 0. The number of benzene rings is 2. The second kappa shape index (κ2) is 18.0. The minimum absolute atomic E-state index is 0.356. The Balaban J connectivity index is 1.56. The largest absolute Gasteiger partial charge is 0.355 e. The normalized spacial score (nSPS) is 17.8. The number of likely N-dealkylation sites (tertiary alicyclic amines) is 2. The van der Waals surface area contributed by atoms with Crippen molar-refractivity contribution in [1.29, 1.82) is 0 Å². The lowest BCUT2D eigenvalue weighted by Crippen LogP contribution is -2.43. The maximum atomic E-state index is 13.2. The maximum absolute atomic E-state index is 13.2. The zero-order chi connectivity index (χ0) is 34.7. The number of rotatable bonds is 12. The van der Waals surface area contributed by atoms with Crippen LogP contribution in [0.2, 0.25) is 20.1 Å². The van der Waals surface area contributed by atoms with Crippen LogP contribution in [-0.2, 0) is 0 Å². The van der Waals surface area contributed by atoms with Gasteiger partial charge < -0.3 is 9.80 Å². The number of hydrogen-bond acceptors (Lipinski definition) is 5. The van der Waals surface area contributed by atoms with Gasteiger partial charge in [-0.25, -0.2) is 15.6 Å². The van der Waals surface area contributed by atoms with E-state index in [1.807, 2.05) is 48.6 Å². The molecule has 0 unspecified atom stereocenters. The highest BCUT2D eigenvalue weighted by molar-refractivity contribution is 6.42. The van der Waals surface area contributed by atoms with E-state index in [2.05, 4.69) is 58.5 Å². The highest BCUT2D eigenvalue weighted by Gasteiger charge is 2.29. The number of nitrogens with zero attached hydrogens (tertiary/aromatic N) is 4. The van der Waals surface area contributed by atoms with E-state index in [4.69, 9.17) is 46.4 Å². The molecule has 2 fully saturated rings. The number of amides is 2. The molecule has 11 heteroatoms. The molecule has 2 aliphatic rings. The van der Waals surface area contributed by atoms with Crippen molar-refractivity contribution in [2.45, 2.75) is 66.2 Å². The lowest BCUT2D eigenvalue weighted by atomic mass is 9.85. The first kappa shape index (κ1) is 38.4. The van der Waals surface area contributed by atoms with E-state index in [-0.39, 0.29) is 10.8 Å². The Morgan fingerprint density at radius 2 is 1.02 bits per heavy atom. The minimum Gasteiger partial charge on any atom is -0.302 e. The summed E-state index contributed by atoms with van der Waals surface area (Å²) in [5.41, 5.74) is 7.92. The Morgan fingerprint density at radius 3 is 1.38 bits per heavy atom. The van der Waals surface area contributed by atoms with Gasteiger partial charge >= 0.3 is 6.03 Å². The molecule has 48 heavy (non-hydrogen) atoms. The van der Waals surface area contributed by atoms with Gasteiger partial charge in [0.1, 0.15) is 0 Å². The van der Waals surface area contributed by atoms with Gasteiger partial charge in [-0.2, -0.15) is 10.2 Å². The van der Waals surface area contributed by atoms with Gasteiger partial charge in [0.15, 0.2) is 0 Å². The number of hydrazone groups is 2. The predicted molar refractivity (Wildman–Crippen MR) is 206 cm³/mol. The lowest BCUT2D eigenvalue weighted by molar-refractivity contribution is 0.186. The van der Waals surface area contributed by atoms with Gasteiger partial charge in [-0.15, -0.1) is 0 Å². The molecule has 0 aromatic heterocycles. The fourth-order valence-corrected chi connectivity index (χ4v) is 6.79. The smallest absolute Gasteiger partial charge is 0.302 e. The number of nitrogens with one attached hydrogen (secondary N) is 2. The molecule has 2 N–H and O–H groups in total. The van der Waals surface area contributed by atoms with Gasteiger partial charge in [0, 0.05) is 23.9 Å². The van der Waals surface area contributed by atoms with Gasteiger partial charge in [0.2, 0.25) is 0 Å². The Morgan fingerprint density at radius 1 is 0.646 bits per heavy atom. The van der Waals surface area contributed by atoms with E-state index >= 15 is 0 Å². The van der Waals surface area contributed by atoms with E-state index in [0.29, 0.717) is 20.1 Å². The van der Waals surface area contributed by atoms with Crippen molar-refractivity contribution in [2.75, 3.05) is 39.3 Å². The summed E-state index contributed by atoms with van der Waals surface area (Å²) in [5.74, 6) is 0. The number of carbonyl (C=O) groups is 1. The first-order valence-corrected chi connectivity index (χ1v) is 18.3.